The van der Waals surface area contributed by atoms with Crippen LogP contribution >= 0.6 is 11.8 Å². The summed E-state index contributed by atoms with van der Waals surface area (Å²) in [6, 6.07) is 21.2. The molecule has 31 heavy (non-hydrogen) atoms. The standard InChI is InChI=1S/C24H23N3O3S/c1-15-6-3-4-9-21(15)24(30)27-19-7-5-8-20(14-19)31-16(2)23(29)26-18-12-10-17(11-13-18)22(25)28/h3-14,16H,1-2H3,(H2,25,28)(H,26,29)(H,27,30). The van der Waals surface area contributed by atoms with Gasteiger partial charge in [-0.2, -0.15) is 0 Å². The van der Waals surface area contributed by atoms with Crippen molar-refractivity contribution in [1.29, 1.82) is 0 Å². The van der Waals surface area contributed by atoms with Crippen molar-refractivity contribution in [3.05, 3.63) is 89.5 Å². The Hall–Kier alpha value is -3.58. The molecule has 0 saturated heterocycles. The maximum atomic E-state index is 12.5. The molecule has 158 valence electrons. The molecule has 0 radical (unpaired) electrons. The number of nitrogens with one attached hydrogen (secondary N) is 2. The van der Waals surface area contributed by atoms with E-state index in [-0.39, 0.29) is 17.1 Å². The van der Waals surface area contributed by atoms with Crippen molar-refractivity contribution in [3.63, 3.8) is 0 Å². The molecule has 0 bridgehead atoms. The Kier molecular flexibility index (Phi) is 7.10. The highest BCUT2D eigenvalue weighted by atomic mass is 32.2. The molecular weight excluding hydrogens is 410 g/mol. The minimum Gasteiger partial charge on any atom is -0.366 e. The zero-order valence-corrected chi connectivity index (χ0v) is 18.0. The van der Waals surface area contributed by atoms with E-state index in [0.29, 0.717) is 22.5 Å². The summed E-state index contributed by atoms with van der Waals surface area (Å²) in [5.74, 6) is -0.868. The van der Waals surface area contributed by atoms with Crippen LogP contribution in [-0.2, 0) is 4.79 Å². The highest BCUT2D eigenvalue weighted by molar-refractivity contribution is 8.00. The molecule has 0 spiro atoms. The van der Waals surface area contributed by atoms with E-state index in [4.69, 9.17) is 5.73 Å². The summed E-state index contributed by atoms with van der Waals surface area (Å²) < 4.78 is 0. The molecule has 0 aliphatic carbocycles. The lowest BCUT2D eigenvalue weighted by Crippen LogP contribution is -2.22. The first-order valence-electron chi connectivity index (χ1n) is 9.68. The number of anilines is 2. The highest BCUT2D eigenvalue weighted by Crippen LogP contribution is 2.27. The molecule has 0 fully saturated rings. The van der Waals surface area contributed by atoms with Gasteiger partial charge in [-0.05, 0) is 67.9 Å². The summed E-state index contributed by atoms with van der Waals surface area (Å²) in [6.07, 6.45) is 0. The largest absolute Gasteiger partial charge is 0.366 e. The zero-order chi connectivity index (χ0) is 22.4. The molecule has 3 aromatic carbocycles. The Morgan fingerprint density at radius 1 is 0.871 bits per heavy atom. The number of primary amides is 1. The van der Waals surface area contributed by atoms with Gasteiger partial charge in [-0.15, -0.1) is 11.8 Å². The summed E-state index contributed by atoms with van der Waals surface area (Å²) in [4.78, 5) is 37.1. The third-order valence-corrected chi connectivity index (χ3v) is 5.69. The lowest BCUT2D eigenvalue weighted by Gasteiger charge is -2.13. The Bertz CT molecular complexity index is 1110. The summed E-state index contributed by atoms with van der Waals surface area (Å²) in [7, 11) is 0. The minimum absolute atomic E-state index is 0.175. The summed E-state index contributed by atoms with van der Waals surface area (Å²) in [5.41, 5.74) is 8.37. The number of aryl methyl sites for hydroxylation is 1. The molecule has 0 heterocycles. The molecule has 6 nitrogen and oxygen atoms in total. The second-order valence-corrected chi connectivity index (χ2v) is 8.40. The van der Waals surface area contributed by atoms with Crippen molar-refractivity contribution in [2.24, 2.45) is 5.73 Å². The molecule has 3 rings (SSSR count). The first kappa shape index (κ1) is 22.1. The van der Waals surface area contributed by atoms with Crippen molar-refractivity contribution >= 4 is 40.9 Å². The lowest BCUT2D eigenvalue weighted by molar-refractivity contribution is -0.115. The van der Waals surface area contributed by atoms with E-state index in [1.807, 2.05) is 49.4 Å². The van der Waals surface area contributed by atoms with Crippen LogP contribution in [0.25, 0.3) is 0 Å². The Balaban J connectivity index is 1.61. The van der Waals surface area contributed by atoms with E-state index in [9.17, 15) is 14.4 Å². The van der Waals surface area contributed by atoms with Crippen LogP contribution < -0.4 is 16.4 Å². The van der Waals surface area contributed by atoms with Crippen LogP contribution in [0.4, 0.5) is 11.4 Å². The van der Waals surface area contributed by atoms with Crippen LogP contribution in [0, 0.1) is 6.92 Å². The molecule has 0 saturated carbocycles. The Labute approximate surface area is 185 Å². The predicted molar refractivity (Wildman–Crippen MR) is 124 cm³/mol. The van der Waals surface area contributed by atoms with Crippen molar-refractivity contribution in [2.45, 2.75) is 24.0 Å². The Morgan fingerprint density at radius 3 is 2.26 bits per heavy atom. The fraction of sp³-hybridized carbons (Fsp3) is 0.125. The van der Waals surface area contributed by atoms with Crippen LogP contribution in [0.5, 0.6) is 0 Å². The van der Waals surface area contributed by atoms with Crippen molar-refractivity contribution in [2.75, 3.05) is 10.6 Å². The molecule has 1 atom stereocenters. The minimum atomic E-state index is -0.517. The molecule has 4 N–H and O–H groups in total. The van der Waals surface area contributed by atoms with Gasteiger partial charge in [0.15, 0.2) is 0 Å². The van der Waals surface area contributed by atoms with Crippen molar-refractivity contribution in [3.8, 4) is 0 Å². The maximum absolute atomic E-state index is 12.5. The van der Waals surface area contributed by atoms with Crippen LogP contribution in [0.1, 0.15) is 33.2 Å². The van der Waals surface area contributed by atoms with Crippen LogP contribution in [0.3, 0.4) is 0 Å². The number of hydrogen-bond acceptors (Lipinski definition) is 4. The van der Waals surface area contributed by atoms with Gasteiger partial charge >= 0.3 is 0 Å². The van der Waals surface area contributed by atoms with Crippen molar-refractivity contribution < 1.29 is 14.4 Å². The molecule has 3 amide bonds. The fourth-order valence-electron chi connectivity index (χ4n) is 2.89. The summed E-state index contributed by atoms with van der Waals surface area (Å²) in [5, 5.41) is 5.35. The molecule has 0 aliphatic rings. The number of rotatable bonds is 7. The topological polar surface area (TPSA) is 101 Å². The van der Waals surface area contributed by atoms with Gasteiger partial charge in [0.2, 0.25) is 11.8 Å². The predicted octanol–water partition coefficient (Wildman–Crippen LogP) is 4.47. The number of hydrogen-bond donors (Lipinski definition) is 3. The maximum Gasteiger partial charge on any atom is 0.255 e. The third kappa shape index (κ3) is 5.96. The van der Waals surface area contributed by atoms with Gasteiger partial charge in [0, 0.05) is 27.4 Å². The molecule has 7 heteroatoms. The van der Waals surface area contributed by atoms with Crippen LogP contribution in [-0.4, -0.2) is 23.0 Å². The van der Waals surface area contributed by atoms with Crippen LogP contribution in [0.2, 0.25) is 0 Å². The number of nitrogens with two attached hydrogens (primary N) is 1. The van der Waals surface area contributed by atoms with Crippen molar-refractivity contribution in [1.82, 2.24) is 0 Å². The van der Waals surface area contributed by atoms with E-state index in [1.165, 1.54) is 11.8 Å². The number of thioether (sulfide) groups is 1. The molecule has 0 aliphatic heterocycles. The van der Waals surface area contributed by atoms with E-state index in [2.05, 4.69) is 10.6 Å². The van der Waals surface area contributed by atoms with Crippen LogP contribution in [0.15, 0.2) is 77.7 Å². The first-order chi connectivity index (χ1) is 14.8. The smallest absolute Gasteiger partial charge is 0.255 e. The molecule has 0 aromatic heterocycles. The lowest BCUT2D eigenvalue weighted by atomic mass is 10.1. The highest BCUT2D eigenvalue weighted by Gasteiger charge is 2.16. The van der Waals surface area contributed by atoms with Gasteiger partial charge in [0.05, 0.1) is 5.25 Å². The van der Waals surface area contributed by atoms with Gasteiger partial charge in [-0.3, -0.25) is 14.4 Å². The fourth-order valence-corrected chi connectivity index (χ4v) is 3.82. The van der Waals surface area contributed by atoms with Gasteiger partial charge in [0.25, 0.3) is 5.91 Å². The number of amides is 3. The normalized spacial score (nSPS) is 11.4. The third-order valence-electron chi connectivity index (χ3n) is 4.60. The van der Waals surface area contributed by atoms with Gasteiger partial charge in [-0.25, -0.2) is 0 Å². The average Bonchev–Trinajstić information content (AvgIpc) is 2.74. The summed E-state index contributed by atoms with van der Waals surface area (Å²) in [6.45, 7) is 3.69. The Morgan fingerprint density at radius 2 is 1.58 bits per heavy atom. The van der Waals surface area contributed by atoms with E-state index in [1.54, 1.807) is 37.3 Å². The van der Waals surface area contributed by atoms with E-state index in [0.717, 1.165) is 10.5 Å². The number of carbonyl (C=O) groups is 3. The zero-order valence-electron chi connectivity index (χ0n) is 17.2. The molecule has 3 aromatic rings. The van der Waals surface area contributed by atoms with Gasteiger partial charge in [-0.1, -0.05) is 24.3 Å². The van der Waals surface area contributed by atoms with E-state index >= 15 is 0 Å². The average molecular weight is 434 g/mol. The number of benzene rings is 3. The molecular formula is C24H23N3O3S. The summed E-state index contributed by atoms with van der Waals surface area (Å²) >= 11 is 1.38. The first-order valence-corrected chi connectivity index (χ1v) is 10.6. The number of carbonyl (C=O) groups excluding carboxylic acids is 3. The van der Waals surface area contributed by atoms with Gasteiger partial charge < -0.3 is 16.4 Å². The van der Waals surface area contributed by atoms with Gasteiger partial charge in [0.1, 0.15) is 0 Å². The SMILES string of the molecule is Cc1ccccc1C(=O)Nc1cccc(SC(C)C(=O)Nc2ccc(C(N)=O)cc2)c1. The molecule has 1 unspecified atom stereocenters. The quantitative estimate of drug-likeness (QED) is 0.479. The second-order valence-electron chi connectivity index (χ2n) is 6.99. The second kappa shape index (κ2) is 9.95. The monoisotopic (exact) mass is 433 g/mol. The van der Waals surface area contributed by atoms with E-state index < -0.39 is 5.91 Å².